The van der Waals surface area contributed by atoms with Crippen LogP contribution >= 0.6 is 0 Å². The molecular formula is C11H12N4. The van der Waals surface area contributed by atoms with E-state index in [1.54, 1.807) is 6.07 Å². The minimum atomic E-state index is 0.240. The van der Waals surface area contributed by atoms with Crippen LogP contribution in [0.15, 0.2) is 18.2 Å². The van der Waals surface area contributed by atoms with E-state index in [0.29, 0.717) is 11.5 Å². The van der Waals surface area contributed by atoms with Crippen molar-refractivity contribution in [1.29, 1.82) is 5.26 Å². The van der Waals surface area contributed by atoms with Gasteiger partial charge in [0.15, 0.2) is 0 Å². The molecule has 0 radical (unpaired) electrons. The first kappa shape index (κ1) is 9.53. The highest BCUT2D eigenvalue weighted by molar-refractivity contribution is 5.80. The summed E-state index contributed by atoms with van der Waals surface area (Å²) >= 11 is 0. The minimum absolute atomic E-state index is 0.240. The average molecular weight is 200 g/mol. The molecule has 0 atom stereocenters. The van der Waals surface area contributed by atoms with Crippen molar-refractivity contribution in [2.24, 2.45) is 0 Å². The number of hydrogen-bond donors (Lipinski definition) is 1. The summed E-state index contributed by atoms with van der Waals surface area (Å²) in [5, 5.41) is 8.82. The third-order valence-corrected chi connectivity index (χ3v) is 2.36. The Morgan fingerprint density at radius 2 is 2.20 bits per heavy atom. The third kappa shape index (κ3) is 1.42. The van der Waals surface area contributed by atoms with Gasteiger partial charge in [-0.15, -0.1) is 0 Å². The number of nitriles is 1. The summed E-state index contributed by atoms with van der Waals surface area (Å²) in [6.45, 7) is 4.08. The maximum absolute atomic E-state index is 8.82. The van der Waals surface area contributed by atoms with Gasteiger partial charge in [-0.25, -0.2) is 4.98 Å². The molecule has 0 bridgehead atoms. The summed E-state index contributed by atoms with van der Waals surface area (Å²) in [5.41, 5.74) is 8.20. The minimum Gasteiger partial charge on any atom is -0.369 e. The Balaban J connectivity index is 2.79. The molecule has 76 valence electrons. The van der Waals surface area contributed by atoms with Gasteiger partial charge < -0.3 is 10.3 Å². The van der Waals surface area contributed by atoms with Crippen molar-refractivity contribution in [1.82, 2.24) is 9.55 Å². The Bertz CT molecular complexity index is 545. The lowest BCUT2D eigenvalue weighted by Gasteiger charge is -2.09. The van der Waals surface area contributed by atoms with Crippen molar-refractivity contribution in [3.05, 3.63) is 23.8 Å². The van der Waals surface area contributed by atoms with Crippen molar-refractivity contribution >= 4 is 17.0 Å². The molecule has 0 aliphatic rings. The predicted octanol–water partition coefficient (Wildman–Crippen LogP) is 2.07. The molecular weight excluding hydrogens is 188 g/mol. The van der Waals surface area contributed by atoms with Gasteiger partial charge in [0.2, 0.25) is 5.95 Å². The van der Waals surface area contributed by atoms with Crippen LogP contribution in [0.4, 0.5) is 5.95 Å². The lowest BCUT2D eigenvalue weighted by atomic mass is 10.2. The number of nitrogens with zero attached hydrogens (tertiary/aromatic N) is 3. The number of anilines is 1. The fourth-order valence-corrected chi connectivity index (χ4v) is 1.72. The molecule has 0 spiro atoms. The van der Waals surface area contributed by atoms with Crippen LogP contribution in [-0.2, 0) is 0 Å². The SMILES string of the molecule is CC(C)n1c(N)nc2ccc(C#N)cc21. The molecule has 1 aromatic carbocycles. The van der Waals surface area contributed by atoms with Crippen LogP contribution in [0.5, 0.6) is 0 Å². The second-order valence-electron chi connectivity index (χ2n) is 3.75. The standard InChI is InChI=1S/C11H12N4/c1-7(2)15-10-5-8(6-12)3-4-9(10)14-11(15)13/h3-5,7H,1-2H3,(H2,13,14). The van der Waals surface area contributed by atoms with Gasteiger partial charge in [0.1, 0.15) is 0 Å². The summed E-state index contributed by atoms with van der Waals surface area (Å²) in [4.78, 5) is 4.24. The summed E-state index contributed by atoms with van der Waals surface area (Å²) in [5.74, 6) is 0.495. The maximum atomic E-state index is 8.82. The van der Waals surface area contributed by atoms with E-state index in [-0.39, 0.29) is 6.04 Å². The van der Waals surface area contributed by atoms with E-state index in [1.165, 1.54) is 0 Å². The van der Waals surface area contributed by atoms with Crippen molar-refractivity contribution < 1.29 is 0 Å². The summed E-state index contributed by atoms with van der Waals surface area (Å²) in [6, 6.07) is 7.74. The van der Waals surface area contributed by atoms with Crippen LogP contribution < -0.4 is 5.73 Å². The highest BCUT2D eigenvalue weighted by Gasteiger charge is 2.10. The normalized spacial score (nSPS) is 10.8. The topological polar surface area (TPSA) is 67.6 Å². The Kier molecular flexibility index (Phi) is 2.09. The molecule has 15 heavy (non-hydrogen) atoms. The van der Waals surface area contributed by atoms with Gasteiger partial charge in [-0.2, -0.15) is 5.26 Å². The van der Waals surface area contributed by atoms with Crippen molar-refractivity contribution in [2.75, 3.05) is 5.73 Å². The number of nitrogen functional groups attached to an aromatic ring is 1. The smallest absolute Gasteiger partial charge is 0.201 e. The predicted molar refractivity (Wildman–Crippen MR) is 59.2 cm³/mol. The molecule has 0 saturated heterocycles. The first-order chi connectivity index (χ1) is 7.13. The molecule has 1 heterocycles. The molecule has 0 amide bonds. The number of aromatic nitrogens is 2. The van der Waals surface area contributed by atoms with E-state index in [2.05, 4.69) is 11.1 Å². The van der Waals surface area contributed by atoms with E-state index in [1.807, 2.05) is 30.5 Å². The first-order valence-corrected chi connectivity index (χ1v) is 4.81. The molecule has 0 fully saturated rings. The molecule has 0 saturated carbocycles. The Labute approximate surface area is 87.9 Å². The van der Waals surface area contributed by atoms with E-state index in [4.69, 9.17) is 11.0 Å². The van der Waals surface area contributed by atoms with E-state index in [9.17, 15) is 0 Å². The monoisotopic (exact) mass is 200 g/mol. The van der Waals surface area contributed by atoms with Crippen molar-refractivity contribution in [3.63, 3.8) is 0 Å². The van der Waals surface area contributed by atoms with Crippen LogP contribution in [0.2, 0.25) is 0 Å². The van der Waals surface area contributed by atoms with Crippen LogP contribution in [-0.4, -0.2) is 9.55 Å². The lowest BCUT2D eigenvalue weighted by molar-refractivity contribution is 0.627. The fraction of sp³-hybridized carbons (Fsp3) is 0.273. The molecule has 4 heteroatoms. The summed E-state index contributed by atoms with van der Waals surface area (Å²) in [6.07, 6.45) is 0. The summed E-state index contributed by atoms with van der Waals surface area (Å²) < 4.78 is 1.93. The second-order valence-corrected chi connectivity index (χ2v) is 3.75. The van der Waals surface area contributed by atoms with Crippen molar-refractivity contribution in [3.8, 4) is 6.07 Å². The fourth-order valence-electron chi connectivity index (χ4n) is 1.72. The molecule has 1 aromatic heterocycles. The summed E-state index contributed by atoms with van der Waals surface area (Å²) in [7, 11) is 0. The highest BCUT2D eigenvalue weighted by Crippen LogP contribution is 2.23. The zero-order valence-corrected chi connectivity index (χ0v) is 8.73. The van der Waals surface area contributed by atoms with E-state index in [0.717, 1.165) is 11.0 Å². The molecule has 0 unspecified atom stereocenters. The van der Waals surface area contributed by atoms with E-state index >= 15 is 0 Å². The highest BCUT2D eigenvalue weighted by atomic mass is 15.2. The van der Waals surface area contributed by atoms with Crippen molar-refractivity contribution in [2.45, 2.75) is 19.9 Å². The Morgan fingerprint density at radius 1 is 1.47 bits per heavy atom. The quantitative estimate of drug-likeness (QED) is 0.766. The Hall–Kier alpha value is -2.02. The van der Waals surface area contributed by atoms with Crippen LogP contribution in [0.3, 0.4) is 0 Å². The maximum Gasteiger partial charge on any atom is 0.201 e. The zero-order chi connectivity index (χ0) is 11.0. The molecule has 4 nitrogen and oxygen atoms in total. The largest absolute Gasteiger partial charge is 0.369 e. The molecule has 0 aliphatic carbocycles. The van der Waals surface area contributed by atoms with Crippen LogP contribution in [0, 0.1) is 11.3 Å². The van der Waals surface area contributed by atoms with E-state index < -0.39 is 0 Å². The van der Waals surface area contributed by atoms with Gasteiger partial charge in [-0.1, -0.05) is 0 Å². The number of hydrogen-bond acceptors (Lipinski definition) is 3. The van der Waals surface area contributed by atoms with Gasteiger partial charge in [-0.05, 0) is 32.0 Å². The van der Waals surface area contributed by atoms with Gasteiger partial charge in [0, 0.05) is 6.04 Å². The zero-order valence-electron chi connectivity index (χ0n) is 8.73. The van der Waals surface area contributed by atoms with Gasteiger partial charge >= 0.3 is 0 Å². The number of benzene rings is 1. The first-order valence-electron chi connectivity index (χ1n) is 4.81. The molecule has 2 N–H and O–H groups in total. The third-order valence-electron chi connectivity index (χ3n) is 2.36. The van der Waals surface area contributed by atoms with Gasteiger partial charge in [0.25, 0.3) is 0 Å². The average Bonchev–Trinajstić information content (AvgIpc) is 2.52. The number of fused-ring (bicyclic) bond motifs is 1. The number of imidazole rings is 1. The molecule has 0 aliphatic heterocycles. The lowest BCUT2D eigenvalue weighted by Crippen LogP contribution is -2.05. The van der Waals surface area contributed by atoms with Crippen LogP contribution in [0.25, 0.3) is 11.0 Å². The number of rotatable bonds is 1. The van der Waals surface area contributed by atoms with Gasteiger partial charge in [-0.3, -0.25) is 0 Å². The van der Waals surface area contributed by atoms with Crippen LogP contribution in [0.1, 0.15) is 25.5 Å². The Morgan fingerprint density at radius 3 is 2.80 bits per heavy atom. The number of nitrogens with two attached hydrogens (primary N) is 1. The molecule has 2 aromatic rings. The van der Waals surface area contributed by atoms with Gasteiger partial charge in [0.05, 0.1) is 22.7 Å². The molecule has 2 rings (SSSR count). The second kappa shape index (κ2) is 3.28.